The van der Waals surface area contributed by atoms with Gasteiger partial charge < -0.3 is 19.9 Å². The lowest BCUT2D eigenvalue weighted by atomic mass is 10.1. The quantitative estimate of drug-likeness (QED) is 0.531. The molecule has 0 saturated carbocycles. The maximum atomic E-state index is 12.9. The molecule has 10 heteroatoms. The van der Waals surface area contributed by atoms with Gasteiger partial charge >= 0.3 is 0 Å². The van der Waals surface area contributed by atoms with E-state index in [-0.39, 0.29) is 5.91 Å². The van der Waals surface area contributed by atoms with Gasteiger partial charge in [-0.2, -0.15) is 5.10 Å². The van der Waals surface area contributed by atoms with Crippen LogP contribution in [0, 0.1) is 6.92 Å². The smallest absolute Gasteiger partial charge is 0.276 e. The first kappa shape index (κ1) is 20.9. The largest absolute Gasteiger partial charge is 0.385 e. The van der Waals surface area contributed by atoms with Crippen molar-refractivity contribution in [2.75, 3.05) is 37.0 Å². The number of anilines is 2. The molecule has 31 heavy (non-hydrogen) atoms. The van der Waals surface area contributed by atoms with Crippen molar-refractivity contribution in [2.45, 2.75) is 33.4 Å². The summed E-state index contributed by atoms with van der Waals surface area (Å²) in [5, 5.41) is 7.27. The summed E-state index contributed by atoms with van der Waals surface area (Å²) in [5.41, 5.74) is 9.60. The van der Waals surface area contributed by atoms with Crippen LogP contribution in [0.2, 0.25) is 0 Å². The minimum absolute atomic E-state index is 0.270. The van der Waals surface area contributed by atoms with Crippen molar-refractivity contribution < 1.29 is 14.3 Å². The molecule has 0 unspecified atom stereocenters. The highest BCUT2D eigenvalue weighted by Gasteiger charge is 2.26. The summed E-state index contributed by atoms with van der Waals surface area (Å²) in [4.78, 5) is 31.7. The van der Waals surface area contributed by atoms with Gasteiger partial charge in [-0.05, 0) is 38.5 Å². The van der Waals surface area contributed by atoms with E-state index >= 15 is 0 Å². The third-order valence-corrected chi connectivity index (χ3v) is 5.48. The number of methoxy groups -OCH3 is 1. The zero-order valence-electron chi connectivity index (χ0n) is 18.0. The van der Waals surface area contributed by atoms with Gasteiger partial charge in [-0.3, -0.25) is 19.6 Å². The molecule has 1 aliphatic heterocycles. The summed E-state index contributed by atoms with van der Waals surface area (Å²) in [6, 6.07) is 5.23. The van der Waals surface area contributed by atoms with Crippen LogP contribution in [0.4, 0.5) is 11.6 Å². The van der Waals surface area contributed by atoms with Crippen molar-refractivity contribution in [1.82, 2.24) is 19.3 Å². The number of aryl methyl sites for hydroxylation is 2. The standard InChI is InChI=1S/C21H27N7O3/c1-4-28-17(10-13(2)25-28)20(30)24-21-23-15-11-14(19(22)29)12-16-18(15)27(21)8-7-26(16)6-5-9-31-3/h10-12H,4-9H2,1-3H3,(H2,22,29)(H,23,24,30). The number of hydrogen-bond acceptors (Lipinski definition) is 6. The second-order valence-electron chi connectivity index (χ2n) is 7.59. The Labute approximate surface area is 180 Å². The minimum atomic E-state index is -0.511. The number of nitrogens with one attached hydrogen (secondary N) is 1. The predicted molar refractivity (Wildman–Crippen MR) is 118 cm³/mol. The number of imidazole rings is 1. The van der Waals surface area contributed by atoms with E-state index < -0.39 is 5.91 Å². The molecule has 0 aliphatic carbocycles. The summed E-state index contributed by atoms with van der Waals surface area (Å²) in [5.74, 6) is -0.336. The minimum Gasteiger partial charge on any atom is -0.385 e. The number of hydrogen-bond donors (Lipinski definition) is 2. The van der Waals surface area contributed by atoms with E-state index in [0.29, 0.717) is 42.4 Å². The zero-order chi connectivity index (χ0) is 22.1. The molecule has 0 bridgehead atoms. The Balaban J connectivity index is 1.73. The normalized spacial score (nSPS) is 13.1. The highest BCUT2D eigenvalue weighted by atomic mass is 16.5. The number of rotatable bonds is 8. The van der Waals surface area contributed by atoms with E-state index in [9.17, 15) is 9.59 Å². The zero-order valence-corrected chi connectivity index (χ0v) is 18.0. The van der Waals surface area contributed by atoms with Gasteiger partial charge in [0.25, 0.3) is 5.91 Å². The fourth-order valence-electron chi connectivity index (χ4n) is 4.05. The summed E-state index contributed by atoms with van der Waals surface area (Å²) >= 11 is 0. The molecule has 4 rings (SSSR count). The monoisotopic (exact) mass is 425 g/mol. The number of carbonyl (C=O) groups excluding carboxylic acids is 2. The molecule has 3 heterocycles. The van der Waals surface area contributed by atoms with Crippen LogP contribution in [-0.4, -0.2) is 58.0 Å². The van der Waals surface area contributed by atoms with Crippen molar-refractivity contribution in [3.05, 3.63) is 35.2 Å². The summed E-state index contributed by atoms with van der Waals surface area (Å²) in [6.45, 7) is 7.20. The average Bonchev–Trinajstić information content (AvgIpc) is 3.30. The first-order chi connectivity index (χ1) is 14.9. The van der Waals surface area contributed by atoms with Gasteiger partial charge in [-0.25, -0.2) is 4.98 Å². The van der Waals surface area contributed by atoms with Gasteiger partial charge in [0.2, 0.25) is 11.9 Å². The van der Waals surface area contributed by atoms with Gasteiger partial charge in [0.05, 0.1) is 22.4 Å². The van der Waals surface area contributed by atoms with Crippen molar-refractivity contribution in [1.29, 1.82) is 0 Å². The third-order valence-electron chi connectivity index (χ3n) is 5.48. The predicted octanol–water partition coefficient (Wildman–Crippen LogP) is 1.77. The van der Waals surface area contributed by atoms with E-state index in [1.54, 1.807) is 30.0 Å². The molecule has 0 spiro atoms. The molecule has 2 aromatic heterocycles. The summed E-state index contributed by atoms with van der Waals surface area (Å²) in [7, 11) is 1.68. The second-order valence-corrected chi connectivity index (χ2v) is 7.59. The lowest BCUT2D eigenvalue weighted by molar-refractivity contribution is 0.0996. The molecule has 10 nitrogen and oxygen atoms in total. The van der Waals surface area contributed by atoms with E-state index in [4.69, 9.17) is 10.5 Å². The number of ether oxygens (including phenoxy) is 1. The number of nitrogens with two attached hydrogens (primary N) is 1. The fraction of sp³-hybridized carbons (Fsp3) is 0.429. The number of benzene rings is 1. The van der Waals surface area contributed by atoms with Gasteiger partial charge in [0.15, 0.2) is 0 Å². The molecule has 0 radical (unpaired) electrons. The van der Waals surface area contributed by atoms with E-state index in [0.717, 1.165) is 36.4 Å². The molecule has 164 valence electrons. The molecule has 0 saturated heterocycles. The maximum Gasteiger partial charge on any atom is 0.276 e. The Morgan fingerprint density at radius 3 is 2.77 bits per heavy atom. The van der Waals surface area contributed by atoms with Crippen LogP contribution in [0.3, 0.4) is 0 Å². The SMILES string of the molecule is CCn1nc(C)cc1C(=O)Nc1nc2cc(C(N)=O)cc3c2n1CCN3CCCOC. The molecule has 1 aromatic carbocycles. The number of aromatic nitrogens is 4. The highest BCUT2D eigenvalue weighted by Crippen LogP contribution is 2.34. The van der Waals surface area contributed by atoms with Crippen LogP contribution in [-0.2, 0) is 17.8 Å². The van der Waals surface area contributed by atoms with Crippen molar-refractivity contribution >= 4 is 34.5 Å². The van der Waals surface area contributed by atoms with Crippen LogP contribution in [0.15, 0.2) is 18.2 Å². The maximum absolute atomic E-state index is 12.9. The first-order valence-corrected chi connectivity index (χ1v) is 10.4. The van der Waals surface area contributed by atoms with E-state index in [1.807, 2.05) is 18.4 Å². The molecular weight excluding hydrogens is 398 g/mol. The number of primary amides is 1. The summed E-state index contributed by atoms with van der Waals surface area (Å²) < 4.78 is 8.83. The highest BCUT2D eigenvalue weighted by molar-refractivity contribution is 6.05. The molecular formula is C21H27N7O3. The van der Waals surface area contributed by atoms with Crippen molar-refractivity contribution in [2.24, 2.45) is 5.73 Å². The number of nitrogens with zero attached hydrogens (tertiary/aromatic N) is 5. The van der Waals surface area contributed by atoms with Crippen molar-refractivity contribution in [3.63, 3.8) is 0 Å². The van der Waals surface area contributed by atoms with Crippen molar-refractivity contribution in [3.8, 4) is 0 Å². The molecule has 0 fully saturated rings. The lowest BCUT2D eigenvalue weighted by Crippen LogP contribution is -2.33. The lowest BCUT2D eigenvalue weighted by Gasteiger charge is -2.31. The van der Waals surface area contributed by atoms with Crippen LogP contribution in [0.5, 0.6) is 0 Å². The summed E-state index contributed by atoms with van der Waals surface area (Å²) in [6.07, 6.45) is 0.858. The van der Waals surface area contributed by atoms with Crippen LogP contribution in [0.25, 0.3) is 11.0 Å². The Morgan fingerprint density at radius 2 is 2.06 bits per heavy atom. The van der Waals surface area contributed by atoms with Crippen LogP contribution < -0.4 is 16.0 Å². The second kappa shape index (κ2) is 8.38. The third kappa shape index (κ3) is 3.86. The Hall–Kier alpha value is -3.40. The Morgan fingerprint density at radius 1 is 1.26 bits per heavy atom. The van der Waals surface area contributed by atoms with Gasteiger partial charge in [-0.1, -0.05) is 0 Å². The van der Waals surface area contributed by atoms with E-state index in [2.05, 4.69) is 20.3 Å². The van der Waals surface area contributed by atoms with Crippen LogP contribution in [0.1, 0.15) is 39.9 Å². The number of amides is 2. The Kier molecular flexibility index (Phi) is 5.64. The average molecular weight is 425 g/mol. The fourth-order valence-corrected chi connectivity index (χ4v) is 4.05. The molecule has 3 aromatic rings. The topological polar surface area (TPSA) is 120 Å². The first-order valence-electron chi connectivity index (χ1n) is 10.4. The van der Waals surface area contributed by atoms with E-state index in [1.165, 1.54) is 0 Å². The molecule has 1 aliphatic rings. The van der Waals surface area contributed by atoms with Gasteiger partial charge in [0, 0.05) is 45.5 Å². The molecule has 2 amide bonds. The molecule has 0 atom stereocenters. The van der Waals surface area contributed by atoms with Crippen LogP contribution >= 0.6 is 0 Å². The van der Waals surface area contributed by atoms with Gasteiger partial charge in [-0.15, -0.1) is 0 Å². The number of carbonyl (C=O) groups is 2. The molecule has 3 N–H and O–H groups in total. The Bertz CT molecular complexity index is 1150. The van der Waals surface area contributed by atoms with Gasteiger partial charge in [0.1, 0.15) is 5.69 Å².